The molecule has 3 heteroatoms. The molecule has 0 saturated heterocycles. The summed E-state index contributed by atoms with van der Waals surface area (Å²) >= 11 is 1.88. The molecule has 0 atom stereocenters. The van der Waals surface area contributed by atoms with Crippen LogP contribution in [0.1, 0.15) is 0 Å². The number of hydrogen-bond acceptors (Lipinski definition) is 2. The Kier molecular flexibility index (Phi) is 8.04. The quantitative estimate of drug-likeness (QED) is 0.158. The molecular formula is C54H36N2S. The molecule has 0 spiro atoms. The molecule has 57 heavy (non-hydrogen) atoms. The molecular weight excluding hydrogens is 709 g/mol. The smallest absolute Gasteiger partial charge is 0.0547 e. The van der Waals surface area contributed by atoms with Gasteiger partial charge in [0.1, 0.15) is 0 Å². The van der Waals surface area contributed by atoms with Crippen LogP contribution in [0.25, 0.3) is 81.0 Å². The van der Waals surface area contributed by atoms with E-state index in [9.17, 15) is 0 Å². The highest BCUT2D eigenvalue weighted by Gasteiger charge is 2.19. The number of benzene rings is 9. The van der Waals surface area contributed by atoms with E-state index < -0.39 is 0 Å². The highest BCUT2D eigenvalue weighted by Crippen LogP contribution is 2.45. The molecule has 11 rings (SSSR count). The first-order valence-corrected chi connectivity index (χ1v) is 20.2. The van der Waals surface area contributed by atoms with Crippen molar-refractivity contribution in [2.75, 3.05) is 4.90 Å². The lowest BCUT2D eigenvalue weighted by Gasteiger charge is -2.28. The Morgan fingerprint density at radius 2 is 0.982 bits per heavy atom. The molecule has 0 aliphatic rings. The van der Waals surface area contributed by atoms with Crippen molar-refractivity contribution in [1.29, 1.82) is 0 Å². The lowest BCUT2D eigenvalue weighted by atomic mass is 9.99. The number of hydrogen-bond donors (Lipinski definition) is 0. The molecule has 2 nitrogen and oxygen atoms in total. The summed E-state index contributed by atoms with van der Waals surface area (Å²) in [5, 5.41) is 5.14. The molecule has 2 aromatic heterocycles. The van der Waals surface area contributed by atoms with Gasteiger partial charge >= 0.3 is 0 Å². The number of rotatable bonds is 7. The van der Waals surface area contributed by atoms with Crippen LogP contribution < -0.4 is 4.90 Å². The van der Waals surface area contributed by atoms with Gasteiger partial charge in [0.05, 0.1) is 16.7 Å². The van der Waals surface area contributed by atoms with Crippen molar-refractivity contribution in [3.63, 3.8) is 0 Å². The molecule has 0 aliphatic heterocycles. The van der Waals surface area contributed by atoms with E-state index in [0.717, 1.165) is 22.7 Å². The van der Waals surface area contributed by atoms with Crippen molar-refractivity contribution in [2.45, 2.75) is 0 Å². The number of nitrogens with zero attached hydrogens (tertiary/aromatic N) is 2. The Balaban J connectivity index is 1.05. The Morgan fingerprint density at radius 3 is 1.84 bits per heavy atom. The average molecular weight is 745 g/mol. The van der Waals surface area contributed by atoms with Crippen LogP contribution in [-0.2, 0) is 0 Å². The molecule has 9 aromatic carbocycles. The van der Waals surface area contributed by atoms with Crippen molar-refractivity contribution in [1.82, 2.24) is 4.57 Å². The SMILES string of the molecule is c1ccc(-c2ccccc2N(c2ccc(-c3ccc4c5ccccc5n(-c5ccccc5)c4c3)cc2)c2cccc(-c3cccc4c3sc3ccccc34)c2)cc1. The van der Waals surface area contributed by atoms with E-state index in [1.807, 2.05) is 11.3 Å². The van der Waals surface area contributed by atoms with Crippen molar-refractivity contribution < 1.29 is 0 Å². The number of para-hydroxylation sites is 3. The molecule has 0 bridgehead atoms. The molecule has 0 amide bonds. The van der Waals surface area contributed by atoms with Gasteiger partial charge in [-0.05, 0) is 88.5 Å². The van der Waals surface area contributed by atoms with E-state index >= 15 is 0 Å². The van der Waals surface area contributed by atoms with Crippen LogP contribution in [-0.4, -0.2) is 4.57 Å². The van der Waals surface area contributed by atoms with E-state index in [-0.39, 0.29) is 0 Å². The third kappa shape index (κ3) is 5.71. The van der Waals surface area contributed by atoms with Crippen LogP contribution in [0.2, 0.25) is 0 Å². The molecule has 11 aromatic rings. The Labute approximate surface area is 335 Å². The van der Waals surface area contributed by atoms with Gasteiger partial charge in [-0.15, -0.1) is 11.3 Å². The summed E-state index contributed by atoms with van der Waals surface area (Å²) in [5.41, 5.74) is 14.1. The van der Waals surface area contributed by atoms with Gasteiger partial charge in [-0.3, -0.25) is 0 Å². The molecule has 0 fully saturated rings. The zero-order chi connectivity index (χ0) is 37.7. The van der Waals surface area contributed by atoms with E-state index in [1.54, 1.807) is 0 Å². The highest BCUT2D eigenvalue weighted by molar-refractivity contribution is 7.26. The lowest BCUT2D eigenvalue weighted by molar-refractivity contribution is 1.18. The summed E-state index contributed by atoms with van der Waals surface area (Å²) in [6.45, 7) is 0. The number of aromatic nitrogens is 1. The van der Waals surface area contributed by atoms with Crippen molar-refractivity contribution in [2.24, 2.45) is 0 Å². The van der Waals surface area contributed by atoms with E-state index in [1.165, 1.54) is 75.4 Å². The minimum atomic E-state index is 1.10. The Bertz CT molecular complexity index is 3230. The van der Waals surface area contributed by atoms with Crippen LogP contribution >= 0.6 is 11.3 Å². The third-order valence-electron chi connectivity index (χ3n) is 11.2. The second-order valence-corrected chi connectivity index (χ2v) is 15.6. The van der Waals surface area contributed by atoms with Gasteiger partial charge in [0, 0.05) is 53.6 Å². The van der Waals surface area contributed by atoms with Gasteiger partial charge in [-0.2, -0.15) is 0 Å². The van der Waals surface area contributed by atoms with Gasteiger partial charge in [0.15, 0.2) is 0 Å². The average Bonchev–Trinajstić information content (AvgIpc) is 3.83. The summed E-state index contributed by atoms with van der Waals surface area (Å²) in [6, 6.07) is 79.3. The standard InChI is InChI=1S/C54H36N2S/c1-3-15-38(16-4-1)44-21-7-10-26-50(44)55(43-20-13-17-40(35-43)45-24-14-25-49-48-23-9-12-28-53(48)57-54(45)49)42-32-29-37(30-33-42)39-31-34-47-46-22-8-11-27-51(46)56(52(47)36-39)41-18-5-2-6-19-41/h1-36H. The maximum atomic E-state index is 2.41. The first-order valence-electron chi connectivity index (χ1n) is 19.4. The molecule has 268 valence electrons. The van der Waals surface area contributed by atoms with E-state index in [0.29, 0.717) is 0 Å². The fraction of sp³-hybridized carbons (Fsp3) is 0. The largest absolute Gasteiger partial charge is 0.310 e. The zero-order valence-electron chi connectivity index (χ0n) is 31.1. The number of anilines is 3. The van der Waals surface area contributed by atoms with Gasteiger partial charge in [0.2, 0.25) is 0 Å². The summed E-state index contributed by atoms with van der Waals surface area (Å²) in [5.74, 6) is 0. The first-order chi connectivity index (χ1) is 28.3. The summed E-state index contributed by atoms with van der Waals surface area (Å²) in [6.07, 6.45) is 0. The summed E-state index contributed by atoms with van der Waals surface area (Å²) < 4.78 is 5.02. The molecule has 0 radical (unpaired) electrons. The number of thiophene rings is 1. The number of fused-ring (bicyclic) bond motifs is 6. The minimum absolute atomic E-state index is 1.10. The third-order valence-corrected chi connectivity index (χ3v) is 12.4. The maximum absolute atomic E-state index is 2.41. The predicted octanol–water partition coefficient (Wildman–Crippen LogP) is 15.6. The van der Waals surface area contributed by atoms with Gasteiger partial charge in [-0.25, -0.2) is 0 Å². The second kappa shape index (κ2) is 13.8. The van der Waals surface area contributed by atoms with Crippen LogP contribution in [0.15, 0.2) is 218 Å². The van der Waals surface area contributed by atoms with Crippen LogP contribution in [0.5, 0.6) is 0 Å². The van der Waals surface area contributed by atoms with Crippen molar-refractivity contribution >= 4 is 70.4 Å². The normalized spacial score (nSPS) is 11.5. The highest BCUT2D eigenvalue weighted by atomic mass is 32.1. The molecule has 0 aliphatic carbocycles. The molecule has 2 heterocycles. The monoisotopic (exact) mass is 744 g/mol. The first kappa shape index (κ1) is 33.2. The predicted molar refractivity (Wildman–Crippen MR) is 245 cm³/mol. The summed E-state index contributed by atoms with van der Waals surface area (Å²) in [4.78, 5) is 2.41. The van der Waals surface area contributed by atoms with Gasteiger partial charge in [-0.1, -0.05) is 158 Å². The topological polar surface area (TPSA) is 8.17 Å². The van der Waals surface area contributed by atoms with Gasteiger partial charge in [0.25, 0.3) is 0 Å². The van der Waals surface area contributed by atoms with Crippen LogP contribution in [0, 0.1) is 0 Å². The molecule has 0 unspecified atom stereocenters. The molecule has 0 N–H and O–H groups in total. The fourth-order valence-corrected chi connectivity index (χ4v) is 9.79. The van der Waals surface area contributed by atoms with Crippen LogP contribution in [0.3, 0.4) is 0 Å². The summed E-state index contributed by atoms with van der Waals surface area (Å²) in [7, 11) is 0. The second-order valence-electron chi connectivity index (χ2n) is 14.5. The fourth-order valence-electron chi connectivity index (χ4n) is 8.55. The maximum Gasteiger partial charge on any atom is 0.0547 e. The van der Waals surface area contributed by atoms with E-state index in [2.05, 4.69) is 228 Å². The Morgan fingerprint density at radius 1 is 0.351 bits per heavy atom. The molecule has 0 saturated carbocycles. The van der Waals surface area contributed by atoms with E-state index in [4.69, 9.17) is 0 Å². The minimum Gasteiger partial charge on any atom is -0.310 e. The lowest BCUT2D eigenvalue weighted by Crippen LogP contribution is -2.11. The van der Waals surface area contributed by atoms with Crippen molar-refractivity contribution in [3.8, 4) is 39.1 Å². The van der Waals surface area contributed by atoms with Crippen molar-refractivity contribution in [3.05, 3.63) is 218 Å². The Hall–Kier alpha value is -7.20. The van der Waals surface area contributed by atoms with Gasteiger partial charge < -0.3 is 9.47 Å². The zero-order valence-corrected chi connectivity index (χ0v) is 31.9. The van der Waals surface area contributed by atoms with Crippen LogP contribution in [0.4, 0.5) is 17.1 Å².